The Morgan fingerprint density at radius 1 is 1.05 bits per heavy atom. The fraction of sp³-hybridized carbons (Fsp3) is 0.154. The van der Waals surface area contributed by atoms with Gasteiger partial charge in [-0.05, 0) is 11.6 Å². The normalized spacial score (nSPS) is 11.4. The molecule has 19 heavy (non-hydrogen) atoms. The summed E-state index contributed by atoms with van der Waals surface area (Å²) in [4.78, 5) is 0. The molecule has 0 N–H and O–H groups in total. The van der Waals surface area contributed by atoms with Crippen LogP contribution in [0, 0.1) is 5.21 Å². The maximum Gasteiger partial charge on any atom is 0.311 e. The summed E-state index contributed by atoms with van der Waals surface area (Å²) in [5, 5.41) is 11.1. The van der Waals surface area contributed by atoms with Crippen LogP contribution in [0.4, 0.5) is 0 Å². The predicted octanol–water partition coefficient (Wildman–Crippen LogP) is 1.27. The SMILES string of the molecule is O=S(=O)(COCc1ccccc1)c1cccc[n+]1[O-]. The first-order valence-corrected chi connectivity index (χ1v) is 7.27. The number of sulfone groups is 1. The van der Waals surface area contributed by atoms with Gasteiger partial charge in [0.05, 0.1) is 6.61 Å². The molecule has 0 saturated carbocycles. The number of pyridine rings is 1. The Hall–Kier alpha value is -1.92. The van der Waals surface area contributed by atoms with Crippen molar-refractivity contribution < 1.29 is 17.9 Å². The predicted molar refractivity (Wildman–Crippen MR) is 68.7 cm³/mol. The van der Waals surface area contributed by atoms with E-state index in [1.165, 1.54) is 18.2 Å². The summed E-state index contributed by atoms with van der Waals surface area (Å²) in [5.41, 5.74) is 0.876. The maximum absolute atomic E-state index is 11.9. The highest BCUT2D eigenvalue weighted by molar-refractivity contribution is 7.91. The summed E-state index contributed by atoms with van der Waals surface area (Å²) in [6.07, 6.45) is 1.14. The number of rotatable bonds is 5. The van der Waals surface area contributed by atoms with E-state index in [4.69, 9.17) is 4.74 Å². The highest BCUT2D eigenvalue weighted by atomic mass is 32.2. The van der Waals surface area contributed by atoms with Crippen molar-refractivity contribution in [3.63, 3.8) is 0 Å². The summed E-state index contributed by atoms with van der Waals surface area (Å²) in [6.45, 7) is 0.186. The van der Waals surface area contributed by atoms with E-state index in [2.05, 4.69) is 0 Å². The smallest absolute Gasteiger partial charge is 0.311 e. The molecular weight excluding hydrogens is 266 g/mol. The molecule has 0 spiro atoms. The van der Waals surface area contributed by atoms with Crippen LogP contribution in [0.15, 0.2) is 59.8 Å². The lowest BCUT2D eigenvalue weighted by atomic mass is 10.2. The molecule has 0 aliphatic rings. The zero-order valence-electron chi connectivity index (χ0n) is 10.1. The van der Waals surface area contributed by atoms with Gasteiger partial charge in [-0.15, -0.1) is 0 Å². The van der Waals surface area contributed by atoms with Crippen LogP contribution in [0.5, 0.6) is 0 Å². The molecule has 0 amide bonds. The molecule has 0 unspecified atom stereocenters. The molecule has 0 bridgehead atoms. The Kier molecular flexibility index (Phi) is 4.13. The summed E-state index contributed by atoms with van der Waals surface area (Å²) in [7, 11) is -3.73. The summed E-state index contributed by atoms with van der Waals surface area (Å²) >= 11 is 0. The average Bonchev–Trinajstić information content (AvgIpc) is 2.40. The van der Waals surface area contributed by atoms with Crippen LogP contribution < -0.4 is 4.73 Å². The second-order valence-electron chi connectivity index (χ2n) is 3.93. The van der Waals surface area contributed by atoms with E-state index in [1.54, 1.807) is 0 Å². The second kappa shape index (κ2) is 5.81. The molecule has 1 aromatic carbocycles. The lowest BCUT2D eigenvalue weighted by Crippen LogP contribution is -2.34. The minimum atomic E-state index is -3.73. The van der Waals surface area contributed by atoms with Crippen molar-refractivity contribution in [2.75, 3.05) is 5.94 Å². The van der Waals surface area contributed by atoms with Gasteiger partial charge in [-0.3, -0.25) is 0 Å². The van der Waals surface area contributed by atoms with E-state index in [-0.39, 0.29) is 11.6 Å². The van der Waals surface area contributed by atoms with Crippen LogP contribution in [-0.2, 0) is 21.2 Å². The van der Waals surface area contributed by atoms with Gasteiger partial charge < -0.3 is 9.94 Å². The molecule has 5 nitrogen and oxygen atoms in total. The highest BCUT2D eigenvalue weighted by Gasteiger charge is 2.23. The summed E-state index contributed by atoms with van der Waals surface area (Å²) < 4.78 is 29.3. The van der Waals surface area contributed by atoms with Gasteiger partial charge in [0.15, 0.2) is 12.1 Å². The van der Waals surface area contributed by atoms with Gasteiger partial charge in [0, 0.05) is 12.1 Å². The maximum atomic E-state index is 11.9. The largest absolute Gasteiger partial charge is 0.618 e. The van der Waals surface area contributed by atoms with E-state index in [0.29, 0.717) is 4.73 Å². The van der Waals surface area contributed by atoms with Crippen molar-refractivity contribution in [3.05, 3.63) is 65.5 Å². The van der Waals surface area contributed by atoms with E-state index < -0.39 is 15.8 Å². The van der Waals surface area contributed by atoms with Crippen molar-refractivity contribution in [1.29, 1.82) is 0 Å². The van der Waals surface area contributed by atoms with Crippen LogP contribution in [0.2, 0.25) is 0 Å². The first-order chi connectivity index (χ1) is 9.09. The molecular formula is C13H13NO4S. The third-order valence-electron chi connectivity index (χ3n) is 2.46. The van der Waals surface area contributed by atoms with Gasteiger partial charge in [-0.1, -0.05) is 30.3 Å². The molecule has 0 fully saturated rings. The Labute approximate surface area is 111 Å². The van der Waals surface area contributed by atoms with Crippen molar-refractivity contribution in [2.45, 2.75) is 11.6 Å². The molecule has 0 radical (unpaired) electrons. The number of nitrogens with zero attached hydrogens (tertiary/aromatic N) is 1. The van der Waals surface area contributed by atoms with Crippen molar-refractivity contribution in [3.8, 4) is 0 Å². The zero-order chi connectivity index (χ0) is 13.7. The Morgan fingerprint density at radius 2 is 1.74 bits per heavy atom. The van der Waals surface area contributed by atoms with Crippen LogP contribution >= 0.6 is 0 Å². The molecule has 0 saturated heterocycles. The molecule has 100 valence electrons. The van der Waals surface area contributed by atoms with Crippen LogP contribution in [0.1, 0.15) is 5.56 Å². The van der Waals surface area contributed by atoms with Gasteiger partial charge in [0.1, 0.15) is 0 Å². The standard InChI is InChI=1S/C13H13NO4S/c15-14-9-5-4-8-13(14)19(16,17)11-18-10-12-6-2-1-3-7-12/h1-9H,10-11H2. The fourth-order valence-electron chi connectivity index (χ4n) is 1.56. The molecule has 1 aromatic heterocycles. The quantitative estimate of drug-likeness (QED) is 0.610. The Morgan fingerprint density at radius 3 is 2.42 bits per heavy atom. The fourth-order valence-corrected chi connectivity index (χ4v) is 2.60. The van der Waals surface area contributed by atoms with Gasteiger partial charge in [-0.25, -0.2) is 8.42 Å². The number of benzene rings is 1. The first kappa shape index (κ1) is 13.5. The Bertz CT molecular complexity index is 641. The molecule has 0 aliphatic heterocycles. The third-order valence-corrected chi connectivity index (χ3v) is 3.89. The summed E-state index contributed by atoms with van der Waals surface area (Å²) in [5.74, 6) is -0.520. The first-order valence-electron chi connectivity index (χ1n) is 5.62. The topological polar surface area (TPSA) is 70.3 Å². The highest BCUT2D eigenvalue weighted by Crippen LogP contribution is 2.07. The summed E-state index contributed by atoms with van der Waals surface area (Å²) in [6, 6.07) is 13.5. The number of hydrogen-bond acceptors (Lipinski definition) is 4. The molecule has 6 heteroatoms. The second-order valence-corrected chi connectivity index (χ2v) is 5.81. The minimum Gasteiger partial charge on any atom is -0.618 e. The van der Waals surface area contributed by atoms with Gasteiger partial charge in [0.25, 0.3) is 9.84 Å². The molecule has 1 heterocycles. The third kappa shape index (κ3) is 3.52. The van der Waals surface area contributed by atoms with Gasteiger partial charge >= 0.3 is 5.03 Å². The van der Waals surface area contributed by atoms with E-state index in [1.807, 2.05) is 30.3 Å². The number of aromatic nitrogens is 1. The van der Waals surface area contributed by atoms with Crippen molar-refractivity contribution >= 4 is 9.84 Å². The minimum absolute atomic E-state index is 0.186. The molecule has 2 aromatic rings. The van der Waals surface area contributed by atoms with Crippen LogP contribution in [-0.4, -0.2) is 14.4 Å². The lowest BCUT2D eigenvalue weighted by Gasteiger charge is -2.06. The monoisotopic (exact) mass is 279 g/mol. The van der Waals surface area contributed by atoms with Gasteiger partial charge in [0.2, 0.25) is 0 Å². The Balaban J connectivity index is 2.01. The zero-order valence-corrected chi connectivity index (χ0v) is 10.9. The van der Waals surface area contributed by atoms with Crippen molar-refractivity contribution in [1.82, 2.24) is 0 Å². The molecule has 0 atom stereocenters. The van der Waals surface area contributed by atoms with Crippen molar-refractivity contribution in [2.24, 2.45) is 0 Å². The van der Waals surface area contributed by atoms with Crippen LogP contribution in [0.25, 0.3) is 0 Å². The van der Waals surface area contributed by atoms with Gasteiger partial charge in [-0.2, -0.15) is 4.73 Å². The number of ether oxygens (including phenoxy) is 1. The van der Waals surface area contributed by atoms with Crippen LogP contribution in [0.3, 0.4) is 0 Å². The molecule has 2 rings (SSSR count). The lowest BCUT2D eigenvalue weighted by molar-refractivity contribution is -0.646. The van der Waals surface area contributed by atoms with E-state index in [0.717, 1.165) is 11.8 Å². The van der Waals surface area contributed by atoms with E-state index >= 15 is 0 Å². The average molecular weight is 279 g/mol. The van der Waals surface area contributed by atoms with E-state index in [9.17, 15) is 13.6 Å². The number of hydrogen-bond donors (Lipinski definition) is 0. The molecule has 0 aliphatic carbocycles.